The van der Waals surface area contributed by atoms with Gasteiger partial charge in [-0.25, -0.2) is 8.42 Å². The number of benzene rings is 2. The Labute approximate surface area is 187 Å². The van der Waals surface area contributed by atoms with Crippen molar-refractivity contribution in [3.63, 3.8) is 0 Å². The first-order valence-electron chi connectivity index (χ1n) is 9.67. The molecule has 1 heterocycles. The van der Waals surface area contributed by atoms with Crippen LogP contribution in [0.4, 0.5) is 0 Å². The molecule has 1 N–H and O–H groups in total. The molecule has 1 fully saturated rings. The van der Waals surface area contributed by atoms with E-state index in [4.69, 9.17) is 16.3 Å². The van der Waals surface area contributed by atoms with E-state index in [1.807, 2.05) is 37.3 Å². The molecule has 1 atom stereocenters. The first-order chi connectivity index (χ1) is 14.3. The van der Waals surface area contributed by atoms with Crippen molar-refractivity contribution < 1.29 is 17.9 Å². The molecule has 0 bridgehead atoms. The molecule has 1 aliphatic rings. The fraction of sp³-hybridized carbons (Fsp3) is 0.381. The summed E-state index contributed by atoms with van der Waals surface area (Å²) < 4.78 is 32.2. The summed E-state index contributed by atoms with van der Waals surface area (Å²) in [4.78, 5) is 13.5. The van der Waals surface area contributed by atoms with Crippen LogP contribution in [0.1, 0.15) is 18.1 Å². The van der Waals surface area contributed by atoms with Gasteiger partial charge in [-0.1, -0.05) is 35.9 Å². The highest BCUT2D eigenvalue weighted by Gasteiger charge is 2.25. The van der Waals surface area contributed by atoms with Gasteiger partial charge < -0.3 is 10.1 Å². The van der Waals surface area contributed by atoms with Gasteiger partial charge in [0.05, 0.1) is 24.2 Å². The van der Waals surface area contributed by atoms with Crippen molar-refractivity contribution in [2.24, 2.45) is 0 Å². The van der Waals surface area contributed by atoms with E-state index in [2.05, 4.69) is 5.32 Å². The van der Waals surface area contributed by atoms with Crippen LogP contribution in [-0.4, -0.2) is 50.2 Å². The molecular weight excluding hydrogens is 444 g/mol. The zero-order valence-corrected chi connectivity index (χ0v) is 19.1. The second-order valence-corrected chi connectivity index (χ2v) is 10.8. The molecule has 1 saturated heterocycles. The Balaban J connectivity index is 1.60. The van der Waals surface area contributed by atoms with Crippen LogP contribution in [0.5, 0.6) is 0 Å². The van der Waals surface area contributed by atoms with E-state index in [0.717, 1.165) is 10.5 Å². The molecule has 1 amide bonds. The summed E-state index contributed by atoms with van der Waals surface area (Å²) in [6.45, 7) is 3.70. The Morgan fingerprint density at radius 2 is 1.77 bits per heavy atom. The van der Waals surface area contributed by atoms with Gasteiger partial charge in [-0.3, -0.25) is 4.79 Å². The molecule has 6 nitrogen and oxygen atoms in total. The third kappa shape index (κ3) is 6.46. The maximum Gasteiger partial charge on any atom is 0.233 e. The van der Waals surface area contributed by atoms with Crippen molar-refractivity contribution in [1.29, 1.82) is 0 Å². The van der Waals surface area contributed by atoms with E-state index in [-0.39, 0.29) is 23.5 Å². The Hall–Kier alpha value is -1.58. The van der Waals surface area contributed by atoms with Crippen LogP contribution >= 0.6 is 23.4 Å². The number of halogens is 1. The minimum Gasteiger partial charge on any atom is -0.379 e. The number of sulfonamides is 1. The fourth-order valence-corrected chi connectivity index (χ4v) is 5.66. The summed E-state index contributed by atoms with van der Waals surface area (Å²) in [5.74, 6) is -0.200. The SMILES string of the molecule is CC(Sc1ccc(Cl)cc1)C(=O)NCc1ccccc1CS(=O)(=O)N1CCOCC1. The van der Waals surface area contributed by atoms with E-state index >= 15 is 0 Å². The molecule has 2 aromatic rings. The Morgan fingerprint density at radius 1 is 1.13 bits per heavy atom. The van der Waals surface area contributed by atoms with Crippen molar-refractivity contribution in [2.75, 3.05) is 26.3 Å². The molecule has 0 aliphatic carbocycles. The van der Waals surface area contributed by atoms with Crippen LogP contribution in [0.3, 0.4) is 0 Å². The van der Waals surface area contributed by atoms with Crippen LogP contribution in [-0.2, 0) is 31.9 Å². The molecule has 1 aliphatic heterocycles. The van der Waals surface area contributed by atoms with Crippen LogP contribution in [0.2, 0.25) is 5.02 Å². The Kier molecular flexibility index (Phi) is 8.19. The molecule has 9 heteroatoms. The smallest absolute Gasteiger partial charge is 0.233 e. The number of morpholine rings is 1. The molecule has 3 rings (SSSR count). The number of rotatable bonds is 8. The van der Waals surface area contributed by atoms with E-state index in [1.54, 1.807) is 18.2 Å². The largest absolute Gasteiger partial charge is 0.379 e. The standard InChI is InChI=1S/C21H25ClN2O4S2/c1-16(29-20-8-6-19(22)7-9-20)21(25)23-14-17-4-2-3-5-18(17)15-30(26,27)24-10-12-28-13-11-24/h2-9,16H,10-15H2,1H3,(H,23,25). The monoisotopic (exact) mass is 468 g/mol. The fourth-order valence-electron chi connectivity index (χ4n) is 3.08. The lowest BCUT2D eigenvalue weighted by Gasteiger charge is -2.26. The van der Waals surface area contributed by atoms with Crippen LogP contribution < -0.4 is 5.32 Å². The molecular formula is C21H25ClN2O4S2. The van der Waals surface area contributed by atoms with Gasteiger partial charge in [0.2, 0.25) is 15.9 Å². The van der Waals surface area contributed by atoms with E-state index < -0.39 is 10.0 Å². The zero-order valence-electron chi connectivity index (χ0n) is 16.7. The highest BCUT2D eigenvalue weighted by atomic mass is 35.5. The van der Waals surface area contributed by atoms with Gasteiger partial charge in [-0.05, 0) is 42.3 Å². The number of thioether (sulfide) groups is 1. The second kappa shape index (κ2) is 10.6. The molecule has 30 heavy (non-hydrogen) atoms. The van der Waals surface area contributed by atoms with Gasteiger partial charge in [-0.15, -0.1) is 11.8 Å². The zero-order chi connectivity index (χ0) is 21.6. The number of carbonyl (C=O) groups excluding carboxylic acids is 1. The molecule has 0 radical (unpaired) electrons. The molecule has 0 aromatic heterocycles. The number of hydrogen-bond donors (Lipinski definition) is 1. The summed E-state index contributed by atoms with van der Waals surface area (Å²) >= 11 is 7.34. The van der Waals surface area contributed by atoms with Crippen molar-refractivity contribution in [3.8, 4) is 0 Å². The molecule has 0 spiro atoms. The normalized spacial score (nSPS) is 16.2. The lowest BCUT2D eigenvalue weighted by atomic mass is 10.1. The summed E-state index contributed by atoms with van der Waals surface area (Å²) in [6.07, 6.45) is 0. The average molecular weight is 469 g/mol. The van der Waals surface area contributed by atoms with Gasteiger partial charge in [-0.2, -0.15) is 4.31 Å². The van der Waals surface area contributed by atoms with Gasteiger partial charge in [0.25, 0.3) is 0 Å². The minimum atomic E-state index is -3.43. The third-order valence-corrected chi connectivity index (χ3v) is 7.96. The highest BCUT2D eigenvalue weighted by Crippen LogP contribution is 2.25. The Bertz CT molecular complexity index is 961. The second-order valence-electron chi connectivity index (χ2n) is 6.97. The first-order valence-corrected chi connectivity index (χ1v) is 12.5. The highest BCUT2D eigenvalue weighted by molar-refractivity contribution is 8.00. The predicted molar refractivity (Wildman–Crippen MR) is 120 cm³/mol. The Morgan fingerprint density at radius 3 is 2.43 bits per heavy atom. The van der Waals surface area contributed by atoms with Crippen molar-refractivity contribution in [3.05, 3.63) is 64.7 Å². The quantitative estimate of drug-likeness (QED) is 0.601. The number of hydrogen-bond acceptors (Lipinski definition) is 5. The van der Waals surface area contributed by atoms with Gasteiger partial charge in [0.15, 0.2) is 0 Å². The summed E-state index contributed by atoms with van der Waals surface area (Å²) in [5, 5.41) is 3.28. The van der Waals surface area contributed by atoms with E-state index in [1.165, 1.54) is 16.1 Å². The molecule has 162 valence electrons. The number of amides is 1. The van der Waals surface area contributed by atoms with Crippen LogP contribution in [0.15, 0.2) is 53.4 Å². The van der Waals surface area contributed by atoms with E-state index in [0.29, 0.717) is 36.9 Å². The number of carbonyl (C=O) groups is 1. The molecule has 2 aromatic carbocycles. The lowest BCUT2D eigenvalue weighted by Crippen LogP contribution is -2.41. The number of ether oxygens (including phenoxy) is 1. The number of nitrogens with one attached hydrogen (secondary N) is 1. The summed E-state index contributed by atoms with van der Waals surface area (Å²) in [7, 11) is -3.43. The van der Waals surface area contributed by atoms with Gasteiger partial charge >= 0.3 is 0 Å². The lowest BCUT2D eigenvalue weighted by molar-refractivity contribution is -0.120. The minimum absolute atomic E-state index is 0.0892. The van der Waals surface area contributed by atoms with Crippen molar-refractivity contribution in [2.45, 2.75) is 29.4 Å². The average Bonchev–Trinajstić information content (AvgIpc) is 2.75. The maximum atomic E-state index is 12.8. The number of nitrogens with zero attached hydrogens (tertiary/aromatic N) is 1. The van der Waals surface area contributed by atoms with Gasteiger partial charge in [0, 0.05) is 29.6 Å². The van der Waals surface area contributed by atoms with E-state index in [9.17, 15) is 13.2 Å². The maximum absolute atomic E-state index is 12.8. The first kappa shape index (κ1) is 23.1. The summed E-state index contributed by atoms with van der Waals surface area (Å²) in [6, 6.07) is 14.6. The van der Waals surface area contributed by atoms with Crippen molar-refractivity contribution >= 4 is 39.3 Å². The third-order valence-electron chi connectivity index (χ3n) is 4.77. The van der Waals surface area contributed by atoms with Crippen molar-refractivity contribution in [1.82, 2.24) is 9.62 Å². The predicted octanol–water partition coefficient (Wildman–Crippen LogP) is 3.30. The summed E-state index contributed by atoms with van der Waals surface area (Å²) in [5.41, 5.74) is 1.49. The topological polar surface area (TPSA) is 75.7 Å². The molecule has 0 saturated carbocycles. The van der Waals surface area contributed by atoms with Crippen LogP contribution in [0.25, 0.3) is 0 Å². The van der Waals surface area contributed by atoms with Gasteiger partial charge in [0.1, 0.15) is 0 Å². The van der Waals surface area contributed by atoms with Crippen LogP contribution in [0, 0.1) is 0 Å². The molecule has 1 unspecified atom stereocenters.